The Morgan fingerprint density at radius 3 is 2.44 bits per heavy atom. The molecule has 4 atom stereocenters. The Balaban J connectivity index is 0.00000114. The van der Waals surface area contributed by atoms with Crippen LogP contribution < -0.4 is 5.32 Å². The molecule has 0 heterocycles. The fourth-order valence-corrected chi connectivity index (χ4v) is 3.72. The molecule has 0 radical (unpaired) electrons. The molecule has 1 fully saturated rings. The van der Waals surface area contributed by atoms with Gasteiger partial charge in [0.2, 0.25) is 5.91 Å². The second-order valence-electron chi connectivity index (χ2n) is 7.24. The third-order valence-electron chi connectivity index (χ3n) is 5.17. The van der Waals surface area contributed by atoms with Gasteiger partial charge in [-0.3, -0.25) is 4.79 Å². The quantitative estimate of drug-likeness (QED) is 0.656. The number of aliphatic hydroxyl groups excluding tert-OH is 2. The molecule has 0 aromatic heterocycles. The molecule has 0 bridgehead atoms. The maximum Gasteiger partial charge on any atom is 0.335 e. The highest BCUT2D eigenvalue weighted by atomic mass is 32.1. The summed E-state index contributed by atoms with van der Waals surface area (Å²) in [5.74, 6) is 0.615. The summed E-state index contributed by atoms with van der Waals surface area (Å²) in [6, 6.07) is 6.86. The Morgan fingerprint density at radius 2 is 1.89 bits per heavy atom. The van der Waals surface area contributed by atoms with Gasteiger partial charge in [-0.2, -0.15) is 8.42 Å². The van der Waals surface area contributed by atoms with E-state index in [1.807, 2.05) is 31.2 Å². The van der Waals surface area contributed by atoms with Crippen molar-refractivity contribution in [3.63, 3.8) is 0 Å². The van der Waals surface area contributed by atoms with Crippen LogP contribution in [0.1, 0.15) is 62.7 Å². The van der Waals surface area contributed by atoms with Gasteiger partial charge in [0.15, 0.2) is 0 Å². The molecule has 1 amide bonds. The molecule has 7 heteroatoms. The molecule has 1 aliphatic rings. The van der Waals surface area contributed by atoms with Gasteiger partial charge in [0.25, 0.3) is 0 Å². The number of aliphatic hydroxyl groups is 2. The van der Waals surface area contributed by atoms with Crippen molar-refractivity contribution in [3.05, 3.63) is 35.4 Å². The summed E-state index contributed by atoms with van der Waals surface area (Å²) >= 11 is -0.750. The Labute approximate surface area is 165 Å². The number of benzene rings is 1. The van der Waals surface area contributed by atoms with Crippen LogP contribution >= 0.6 is 0 Å². The van der Waals surface area contributed by atoms with Crippen LogP contribution in [-0.4, -0.2) is 37.2 Å². The van der Waals surface area contributed by atoms with Gasteiger partial charge in [-0.25, -0.2) is 0 Å². The topological polar surface area (TPSA) is 104 Å². The van der Waals surface area contributed by atoms with E-state index < -0.39 is 23.7 Å². The van der Waals surface area contributed by atoms with Crippen LogP contribution in [0.4, 0.5) is 0 Å². The van der Waals surface area contributed by atoms with Gasteiger partial charge < -0.3 is 15.5 Å². The Morgan fingerprint density at radius 1 is 1.26 bits per heavy atom. The van der Waals surface area contributed by atoms with Crippen molar-refractivity contribution in [2.24, 2.45) is 11.8 Å². The minimum Gasteiger partial charge on any atom is -0.394 e. The van der Waals surface area contributed by atoms with E-state index in [9.17, 15) is 15.0 Å². The zero-order chi connectivity index (χ0) is 20.2. The maximum atomic E-state index is 12.6. The first-order chi connectivity index (χ1) is 13.0. The zero-order valence-corrected chi connectivity index (χ0v) is 16.9. The SMILES string of the molecule is CCC[C@@H]1CCC[C@H](C(=O)N[C@@H](CO)[C@@H](O)c2ccc(C)cc2)C1.O=S=O. The van der Waals surface area contributed by atoms with Crippen LogP contribution in [0.15, 0.2) is 24.3 Å². The molecule has 2 rings (SSSR count). The molecular formula is C20H31NO5S. The second kappa shape index (κ2) is 12.8. The van der Waals surface area contributed by atoms with Crippen molar-refractivity contribution in [1.82, 2.24) is 5.32 Å². The van der Waals surface area contributed by atoms with Gasteiger partial charge >= 0.3 is 11.6 Å². The predicted octanol–water partition coefficient (Wildman–Crippen LogP) is 2.44. The first-order valence-corrected chi connectivity index (χ1v) is 10.2. The van der Waals surface area contributed by atoms with Crippen LogP contribution in [0.5, 0.6) is 0 Å². The lowest BCUT2D eigenvalue weighted by Crippen LogP contribution is -2.45. The van der Waals surface area contributed by atoms with Crippen molar-refractivity contribution < 1.29 is 23.4 Å². The highest BCUT2D eigenvalue weighted by Crippen LogP contribution is 2.32. The van der Waals surface area contributed by atoms with Crippen LogP contribution in [0, 0.1) is 18.8 Å². The molecule has 0 spiro atoms. The summed E-state index contributed by atoms with van der Waals surface area (Å²) in [6.45, 7) is 3.90. The molecule has 6 nitrogen and oxygen atoms in total. The van der Waals surface area contributed by atoms with Crippen LogP contribution in [0.3, 0.4) is 0 Å². The number of hydrogen-bond donors (Lipinski definition) is 3. The lowest BCUT2D eigenvalue weighted by atomic mass is 9.79. The average Bonchev–Trinajstić information content (AvgIpc) is 2.67. The number of aryl methyl sites for hydroxylation is 1. The third-order valence-corrected chi connectivity index (χ3v) is 5.17. The van der Waals surface area contributed by atoms with Gasteiger partial charge in [0.1, 0.15) is 6.10 Å². The molecule has 27 heavy (non-hydrogen) atoms. The Kier molecular flexibility index (Phi) is 11.1. The number of hydrogen-bond acceptors (Lipinski definition) is 5. The first-order valence-electron chi connectivity index (χ1n) is 9.54. The van der Waals surface area contributed by atoms with Gasteiger partial charge in [0, 0.05) is 5.92 Å². The minimum absolute atomic E-state index is 0.00886. The van der Waals surface area contributed by atoms with Crippen molar-refractivity contribution >= 4 is 17.5 Å². The van der Waals surface area contributed by atoms with Crippen molar-refractivity contribution in [3.8, 4) is 0 Å². The standard InChI is InChI=1S/C20H31NO3.O2S/c1-3-5-15-6-4-7-17(12-15)20(24)21-18(13-22)19(23)16-10-8-14(2)9-11-16;1-3-2/h8-11,15,17-19,22-23H,3-7,12-13H2,1-2H3,(H,21,24);/t15-,17+,18+,19+;/m1./s1. The van der Waals surface area contributed by atoms with Crippen molar-refractivity contribution in [1.29, 1.82) is 0 Å². The number of nitrogens with one attached hydrogen (secondary N) is 1. The molecule has 1 saturated carbocycles. The zero-order valence-electron chi connectivity index (χ0n) is 16.1. The summed E-state index contributed by atoms with van der Waals surface area (Å²) in [5.41, 5.74) is 1.83. The second-order valence-corrected chi connectivity index (χ2v) is 7.38. The highest BCUT2D eigenvalue weighted by Gasteiger charge is 2.30. The Bertz CT molecular complexity index is 599. The van der Waals surface area contributed by atoms with Gasteiger partial charge in [0.05, 0.1) is 12.6 Å². The number of carbonyl (C=O) groups is 1. The molecule has 0 aliphatic heterocycles. The Hall–Kier alpha value is -1.57. The molecule has 0 saturated heterocycles. The van der Waals surface area contributed by atoms with Gasteiger partial charge in [-0.05, 0) is 31.2 Å². The molecule has 3 N–H and O–H groups in total. The van der Waals surface area contributed by atoms with E-state index in [4.69, 9.17) is 8.42 Å². The van der Waals surface area contributed by atoms with E-state index in [-0.39, 0.29) is 18.4 Å². The van der Waals surface area contributed by atoms with Crippen LogP contribution in [0.25, 0.3) is 0 Å². The fourth-order valence-electron chi connectivity index (χ4n) is 3.72. The summed E-state index contributed by atoms with van der Waals surface area (Å²) in [4.78, 5) is 12.6. The van der Waals surface area contributed by atoms with E-state index in [0.29, 0.717) is 11.5 Å². The fraction of sp³-hybridized carbons (Fsp3) is 0.650. The number of amides is 1. The van der Waals surface area contributed by atoms with Crippen LogP contribution in [-0.2, 0) is 16.4 Å². The van der Waals surface area contributed by atoms with Crippen molar-refractivity contribution in [2.45, 2.75) is 64.5 Å². The number of carbonyl (C=O) groups excluding carboxylic acids is 1. The van der Waals surface area contributed by atoms with E-state index in [2.05, 4.69) is 12.2 Å². The predicted molar refractivity (Wildman–Crippen MR) is 104 cm³/mol. The smallest absolute Gasteiger partial charge is 0.335 e. The summed E-state index contributed by atoms with van der Waals surface area (Å²) < 4.78 is 16.6. The van der Waals surface area contributed by atoms with E-state index in [1.54, 1.807) is 0 Å². The summed E-state index contributed by atoms with van der Waals surface area (Å²) in [6.07, 6.45) is 5.59. The lowest BCUT2D eigenvalue weighted by Gasteiger charge is -2.30. The van der Waals surface area contributed by atoms with E-state index in [0.717, 1.165) is 31.2 Å². The van der Waals surface area contributed by atoms with E-state index in [1.165, 1.54) is 12.8 Å². The lowest BCUT2D eigenvalue weighted by molar-refractivity contribution is -0.128. The highest BCUT2D eigenvalue weighted by molar-refractivity contribution is 7.51. The molecular weight excluding hydrogens is 366 g/mol. The molecule has 1 aromatic carbocycles. The van der Waals surface area contributed by atoms with E-state index >= 15 is 0 Å². The average molecular weight is 398 g/mol. The number of rotatable bonds is 7. The summed E-state index contributed by atoms with van der Waals surface area (Å²) in [7, 11) is 0. The molecule has 0 unspecified atom stereocenters. The molecule has 152 valence electrons. The monoisotopic (exact) mass is 397 g/mol. The minimum atomic E-state index is -0.894. The largest absolute Gasteiger partial charge is 0.394 e. The van der Waals surface area contributed by atoms with Gasteiger partial charge in [-0.15, -0.1) is 0 Å². The first kappa shape index (κ1) is 23.5. The molecule has 1 aliphatic carbocycles. The van der Waals surface area contributed by atoms with Crippen molar-refractivity contribution in [2.75, 3.05) is 6.61 Å². The molecule has 1 aromatic rings. The van der Waals surface area contributed by atoms with Gasteiger partial charge in [-0.1, -0.05) is 62.4 Å². The van der Waals surface area contributed by atoms with Crippen LogP contribution in [0.2, 0.25) is 0 Å². The normalized spacial score (nSPS) is 21.3. The summed E-state index contributed by atoms with van der Waals surface area (Å²) in [5, 5.41) is 23.0. The third kappa shape index (κ3) is 7.91. The maximum absolute atomic E-state index is 12.6.